The Bertz CT molecular complexity index is 1150. The number of benzene rings is 2. The maximum absolute atomic E-state index is 12.3. The third-order valence-corrected chi connectivity index (χ3v) is 5.39. The summed E-state index contributed by atoms with van der Waals surface area (Å²) in [5, 5.41) is 8.58. The van der Waals surface area contributed by atoms with Crippen molar-refractivity contribution in [2.45, 2.75) is 18.2 Å². The van der Waals surface area contributed by atoms with Gasteiger partial charge in [0.2, 0.25) is 15.9 Å². The highest BCUT2D eigenvalue weighted by molar-refractivity contribution is 7.89. The number of hydrogen-bond acceptors (Lipinski definition) is 4. The molecule has 28 heavy (non-hydrogen) atoms. The highest BCUT2D eigenvalue weighted by Gasteiger charge is 2.17. The van der Waals surface area contributed by atoms with Crippen LogP contribution < -0.4 is 10.5 Å². The Morgan fingerprint density at radius 3 is 2.57 bits per heavy atom. The van der Waals surface area contributed by atoms with Crippen molar-refractivity contribution < 1.29 is 13.2 Å². The summed E-state index contributed by atoms with van der Waals surface area (Å²) >= 11 is 6.08. The number of nitrogens with zero attached hydrogens (tertiary/aromatic N) is 1. The fourth-order valence-corrected chi connectivity index (χ4v) is 3.78. The number of aryl methyl sites for hydroxylation is 1. The molecule has 0 unspecified atom stereocenters. The first-order valence-corrected chi connectivity index (χ1v) is 10.3. The van der Waals surface area contributed by atoms with Gasteiger partial charge in [0.1, 0.15) is 0 Å². The van der Waals surface area contributed by atoms with Gasteiger partial charge in [-0.25, -0.2) is 13.6 Å². The first-order valence-electron chi connectivity index (χ1n) is 8.36. The van der Waals surface area contributed by atoms with E-state index in [1.807, 2.05) is 13.0 Å². The van der Waals surface area contributed by atoms with Crippen LogP contribution in [-0.4, -0.2) is 19.3 Å². The fourth-order valence-electron chi connectivity index (χ4n) is 2.80. The van der Waals surface area contributed by atoms with Crippen LogP contribution >= 0.6 is 11.6 Å². The lowest BCUT2D eigenvalue weighted by Gasteiger charge is -2.12. The number of halogens is 1. The van der Waals surface area contributed by atoms with E-state index in [1.165, 1.54) is 6.07 Å². The van der Waals surface area contributed by atoms with Crippen molar-refractivity contribution in [3.05, 3.63) is 77.1 Å². The van der Waals surface area contributed by atoms with E-state index in [4.69, 9.17) is 16.7 Å². The van der Waals surface area contributed by atoms with E-state index in [2.05, 4.69) is 10.3 Å². The van der Waals surface area contributed by atoms with Gasteiger partial charge in [0.05, 0.1) is 11.3 Å². The SMILES string of the molecule is Cc1cncc(-c2ccc(NC(=O)Cc3ccccc3Cl)cc2S(N)(=O)=O)c1. The maximum Gasteiger partial charge on any atom is 0.238 e. The Morgan fingerprint density at radius 1 is 1.14 bits per heavy atom. The fraction of sp³-hybridized carbons (Fsp3) is 0.100. The third-order valence-electron chi connectivity index (χ3n) is 4.07. The second kappa shape index (κ2) is 8.10. The van der Waals surface area contributed by atoms with Crippen LogP contribution in [0, 0.1) is 6.92 Å². The van der Waals surface area contributed by atoms with Crippen molar-refractivity contribution in [2.24, 2.45) is 5.14 Å². The quantitative estimate of drug-likeness (QED) is 0.665. The van der Waals surface area contributed by atoms with E-state index in [0.717, 1.165) is 5.56 Å². The molecule has 3 aromatic rings. The van der Waals surface area contributed by atoms with E-state index in [0.29, 0.717) is 27.4 Å². The van der Waals surface area contributed by atoms with Crippen molar-refractivity contribution in [2.75, 3.05) is 5.32 Å². The third kappa shape index (κ3) is 4.75. The van der Waals surface area contributed by atoms with Gasteiger partial charge in [0.15, 0.2) is 0 Å². The van der Waals surface area contributed by atoms with Crippen LogP contribution in [0.2, 0.25) is 5.02 Å². The number of hydrogen-bond donors (Lipinski definition) is 2. The number of nitrogens with one attached hydrogen (secondary N) is 1. The number of aromatic nitrogens is 1. The summed E-state index contributed by atoms with van der Waals surface area (Å²) in [6, 6.07) is 13.4. The topological polar surface area (TPSA) is 102 Å². The molecule has 0 bridgehead atoms. The van der Waals surface area contributed by atoms with Crippen molar-refractivity contribution in [1.29, 1.82) is 0 Å². The van der Waals surface area contributed by atoms with Crippen LogP contribution in [0.3, 0.4) is 0 Å². The minimum atomic E-state index is -4.02. The standard InChI is InChI=1S/C20H18ClN3O3S/c1-13-8-15(12-23-11-13)17-7-6-16(10-19(17)28(22,26)27)24-20(25)9-14-4-2-3-5-18(14)21/h2-8,10-12H,9H2,1H3,(H,24,25)(H2,22,26,27). The van der Waals surface area contributed by atoms with Gasteiger partial charge in [0, 0.05) is 34.2 Å². The molecule has 0 saturated carbocycles. The monoisotopic (exact) mass is 415 g/mol. The molecule has 0 aliphatic carbocycles. The van der Waals surface area contributed by atoms with Crippen LogP contribution in [-0.2, 0) is 21.2 Å². The molecule has 0 aliphatic rings. The molecule has 1 heterocycles. The Hall–Kier alpha value is -2.74. The number of primary sulfonamides is 1. The summed E-state index contributed by atoms with van der Waals surface area (Å²) in [4.78, 5) is 16.3. The highest BCUT2D eigenvalue weighted by Crippen LogP contribution is 2.29. The highest BCUT2D eigenvalue weighted by atomic mass is 35.5. The van der Waals surface area contributed by atoms with Crippen molar-refractivity contribution >= 4 is 33.2 Å². The normalized spacial score (nSPS) is 11.2. The predicted molar refractivity (Wildman–Crippen MR) is 110 cm³/mol. The number of carbonyl (C=O) groups is 1. The molecular formula is C20H18ClN3O3S. The Morgan fingerprint density at radius 2 is 1.89 bits per heavy atom. The zero-order chi connectivity index (χ0) is 20.3. The van der Waals surface area contributed by atoms with E-state index < -0.39 is 10.0 Å². The number of pyridine rings is 1. The van der Waals surface area contributed by atoms with Gasteiger partial charge in [0.25, 0.3) is 0 Å². The summed E-state index contributed by atoms with van der Waals surface area (Å²) in [6.45, 7) is 1.86. The zero-order valence-corrected chi connectivity index (χ0v) is 16.6. The second-order valence-corrected chi connectivity index (χ2v) is 8.26. The molecule has 0 saturated heterocycles. The van der Waals surface area contributed by atoms with E-state index in [-0.39, 0.29) is 17.2 Å². The van der Waals surface area contributed by atoms with E-state index >= 15 is 0 Å². The van der Waals surface area contributed by atoms with Gasteiger partial charge >= 0.3 is 0 Å². The molecule has 0 fully saturated rings. The number of amides is 1. The van der Waals surface area contributed by atoms with Gasteiger partial charge in [-0.15, -0.1) is 0 Å². The molecule has 6 nitrogen and oxygen atoms in total. The first-order chi connectivity index (χ1) is 13.2. The van der Waals surface area contributed by atoms with Crippen molar-refractivity contribution in [3.63, 3.8) is 0 Å². The number of carbonyl (C=O) groups excluding carboxylic acids is 1. The maximum atomic E-state index is 12.3. The Kier molecular flexibility index (Phi) is 5.79. The first kappa shape index (κ1) is 20.0. The average molecular weight is 416 g/mol. The Balaban J connectivity index is 1.91. The largest absolute Gasteiger partial charge is 0.326 e. The van der Waals surface area contributed by atoms with Crippen LogP contribution in [0.25, 0.3) is 11.1 Å². The van der Waals surface area contributed by atoms with Gasteiger partial charge in [-0.05, 0) is 42.3 Å². The molecular weight excluding hydrogens is 398 g/mol. The lowest BCUT2D eigenvalue weighted by molar-refractivity contribution is -0.115. The lowest BCUT2D eigenvalue weighted by Crippen LogP contribution is -2.17. The van der Waals surface area contributed by atoms with Gasteiger partial charge < -0.3 is 5.32 Å². The minimum absolute atomic E-state index is 0.0634. The number of anilines is 1. The van der Waals surface area contributed by atoms with Gasteiger partial charge in [-0.2, -0.15) is 0 Å². The second-order valence-electron chi connectivity index (χ2n) is 6.32. The summed E-state index contributed by atoms with van der Waals surface area (Å²) in [5.41, 5.74) is 2.93. The number of sulfonamides is 1. The molecule has 144 valence electrons. The zero-order valence-electron chi connectivity index (χ0n) is 15.0. The van der Waals surface area contributed by atoms with E-state index in [9.17, 15) is 13.2 Å². The summed E-state index contributed by atoms with van der Waals surface area (Å²) in [6.07, 6.45) is 3.30. The molecule has 0 spiro atoms. The minimum Gasteiger partial charge on any atom is -0.326 e. The van der Waals surface area contributed by atoms with Crippen LogP contribution in [0.1, 0.15) is 11.1 Å². The van der Waals surface area contributed by atoms with Crippen LogP contribution in [0.5, 0.6) is 0 Å². The molecule has 3 N–H and O–H groups in total. The molecule has 2 aromatic carbocycles. The van der Waals surface area contributed by atoms with Gasteiger partial charge in [-0.1, -0.05) is 35.9 Å². The molecule has 0 aliphatic heterocycles. The van der Waals surface area contributed by atoms with Crippen molar-refractivity contribution in [3.8, 4) is 11.1 Å². The van der Waals surface area contributed by atoms with Crippen LogP contribution in [0.15, 0.2) is 65.8 Å². The number of rotatable bonds is 5. The molecule has 1 amide bonds. The summed E-state index contributed by atoms with van der Waals surface area (Å²) in [7, 11) is -4.02. The predicted octanol–water partition coefficient (Wildman–Crippen LogP) is 3.54. The lowest BCUT2D eigenvalue weighted by atomic mass is 10.1. The molecule has 3 rings (SSSR count). The van der Waals surface area contributed by atoms with E-state index in [1.54, 1.807) is 48.8 Å². The molecule has 0 atom stereocenters. The molecule has 8 heteroatoms. The number of nitrogens with two attached hydrogens (primary N) is 1. The molecule has 0 radical (unpaired) electrons. The summed E-state index contributed by atoms with van der Waals surface area (Å²) < 4.78 is 24.2. The summed E-state index contributed by atoms with van der Waals surface area (Å²) in [5.74, 6) is -0.321. The van der Waals surface area contributed by atoms with Crippen LogP contribution in [0.4, 0.5) is 5.69 Å². The Labute approximate surface area is 168 Å². The van der Waals surface area contributed by atoms with Crippen molar-refractivity contribution in [1.82, 2.24) is 4.98 Å². The smallest absolute Gasteiger partial charge is 0.238 e. The molecule has 1 aromatic heterocycles. The van der Waals surface area contributed by atoms with Gasteiger partial charge in [-0.3, -0.25) is 9.78 Å². The average Bonchev–Trinajstić information content (AvgIpc) is 2.63.